The number of ether oxygens (including phenoxy) is 2. The molecule has 1 aromatic rings. The number of halogens is 1. The molecule has 0 amide bonds. The van der Waals surface area contributed by atoms with Crippen molar-refractivity contribution in [3.05, 3.63) is 35.9 Å². The molecule has 0 aliphatic carbocycles. The molecule has 1 aromatic carbocycles. The van der Waals surface area contributed by atoms with E-state index in [0.29, 0.717) is 18.3 Å². The average Bonchev–Trinajstić information content (AvgIpc) is 2.36. The summed E-state index contributed by atoms with van der Waals surface area (Å²) in [6, 6.07) is 10.5. The fourth-order valence-corrected chi connectivity index (χ4v) is 3.28. The minimum absolute atomic E-state index is 0.203. The van der Waals surface area contributed by atoms with Gasteiger partial charge in [0.1, 0.15) is 0 Å². The van der Waals surface area contributed by atoms with Crippen molar-refractivity contribution in [3.63, 3.8) is 0 Å². The van der Waals surface area contributed by atoms with E-state index in [0.717, 1.165) is 17.3 Å². The second-order valence-electron chi connectivity index (χ2n) is 5.04. The van der Waals surface area contributed by atoms with Crippen molar-refractivity contribution in [2.24, 2.45) is 0 Å². The maximum Gasteiger partial charge on any atom is 0.0918 e. The molecule has 3 unspecified atom stereocenters. The van der Waals surface area contributed by atoms with E-state index >= 15 is 0 Å². The standard InChI is InChI=1S/C15H21IO2/c1-11-8-14(9-12(2)17-11)18-15(10-16)13-6-4-3-5-7-13/h3-7,11-12,14-15H,8-10H2,1-2H3. The molecular formula is C15H21IO2. The van der Waals surface area contributed by atoms with Crippen LogP contribution in [0.5, 0.6) is 0 Å². The van der Waals surface area contributed by atoms with E-state index in [9.17, 15) is 0 Å². The Kier molecular flexibility index (Phi) is 5.45. The first-order valence-corrected chi connectivity index (χ1v) is 8.13. The molecule has 2 nitrogen and oxygen atoms in total. The van der Waals surface area contributed by atoms with Gasteiger partial charge in [0.15, 0.2) is 0 Å². The molecule has 1 fully saturated rings. The lowest BCUT2D eigenvalue weighted by molar-refractivity contribution is -0.118. The highest BCUT2D eigenvalue weighted by atomic mass is 127. The van der Waals surface area contributed by atoms with Gasteiger partial charge in [-0.25, -0.2) is 0 Å². The van der Waals surface area contributed by atoms with Crippen LogP contribution >= 0.6 is 22.6 Å². The first kappa shape index (κ1) is 14.3. The summed E-state index contributed by atoms with van der Waals surface area (Å²) in [5, 5.41) is 0. The summed E-state index contributed by atoms with van der Waals surface area (Å²) in [7, 11) is 0. The molecule has 0 saturated carbocycles. The SMILES string of the molecule is CC1CC(OC(CI)c2ccccc2)CC(C)O1. The number of hydrogen-bond acceptors (Lipinski definition) is 2. The molecule has 3 atom stereocenters. The van der Waals surface area contributed by atoms with Gasteiger partial charge < -0.3 is 9.47 Å². The van der Waals surface area contributed by atoms with E-state index in [2.05, 4.69) is 60.7 Å². The Hall–Kier alpha value is -0.130. The summed E-state index contributed by atoms with van der Waals surface area (Å²) >= 11 is 2.40. The van der Waals surface area contributed by atoms with Crippen molar-refractivity contribution in [1.29, 1.82) is 0 Å². The summed E-state index contributed by atoms with van der Waals surface area (Å²) in [4.78, 5) is 0. The minimum atomic E-state index is 0.203. The van der Waals surface area contributed by atoms with Gasteiger partial charge in [0.2, 0.25) is 0 Å². The van der Waals surface area contributed by atoms with Crippen LogP contribution in [0.4, 0.5) is 0 Å². The molecule has 1 aliphatic heterocycles. The van der Waals surface area contributed by atoms with Crippen molar-refractivity contribution in [2.45, 2.75) is 51.1 Å². The zero-order valence-corrected chi connectivity index (χ0v) is 13.2. The Morgan fingerprint density at radius 3 is 2.39 bits per heavy atom. The number of rotatable bonds is 4. The third-order valence-electron chi connectivity index (χ3n) is 3.32. The highest BCUT2D eigenvalue weighted by Gasteiger charge is 2.27. The van der Waals surface area contributed by atoms with Gasteiger partial charge in [0.05, 0.1) is 24.4 Å². The fourth-order valence-electron chi connectivity index (χ4n) is 2.56. The molecule has 2 rings (SSSR count). The molecule has 100 valence electrons. The predicted octanol–water partition coefficient (Wildman–Crippen LogP) is 4.14. The van der Waals surface area contributed by atoms with Crippen LogP contribution < -0.4 is 0 Å². The van der Waals surface area contributed by atoms with Gasteiger partial charge in [-0.05, 0) is 32.3 Å². The molecule has 1 saturated heterocycles. The third kappa shape index (κ3) is 3.93. The van der Waals surface area contributed by atoms with E-state index in [4.69, 9.17) is 9.47 Å². The molecule has 0 radical (unpaired) electrons. The quantitative estimate of drug-likeness (QED) is 0.594. The summed E-state index contributed by atoms with van der Waals surface area (Å²) in [6.45, 7) is 4.27. The molecular weight excluding hydrogens is 339 g/mol. The topological polar surface area (TPSA) is 18.5 Å². The maximum atomic E-state index is 6.28. The maximum absolute atomic E-state index is 6.28. The predicted molar refractivity (Wildman–Crippen MR) is 82.2 cm³/mol. The number of benzene rings is 1. The van der Waals surface area contributed by atoms with Crippen molar-refractivity contribution in [2.75, 3.05) is 4.43 Å². The molecule has 1 aliphatic rings. The van der Waals surface area contributed by atoms with E-state index in [1.807, 2.05) is 6.07 Å². The highest BCUT2D eigenvalue weighted by Crippen LogP contribution is 2.28. The highest BCUT2D eigenvalue weighted by molar-refractivity contribution is 14.1. The molecule has 18 heavy (non-hydrogen) atoms. The minimum Gasteiger partial charge on any atom is -0.375 e. The summed E-state index contributed by atoms with van der Waals surface area (Å²) in [6.07, 6.45) is 3.15. The summed E-state index contributed by atoms with van der Waals surface area (Å²) in [5.41, 5.74) is 1.28. The smallest absolute Gasteiger partial charge is 0.0918 e. The summed E-state index contributed by atoms with van der Waals surface area (Å²) in [5.74, 6) is 0. The number of alkyl halides is 1. The monoisotopic (exact) mass is 360 g/mol. The molecule has 0 aromatic heterocycles. The van der Waals surface area contributed by atoms with Gasteiger partial charge in [-0.15, -0.1) is 0 Å². The Balaban J connectivity index is 1.98. The molecule has 0 spiro atoms. The van der Waals surface area contributed by atoms with Crippen LogP contribution in [0, 0.1) is 0 Å². The second kappa shape index (κ2) is 6.87. The van der Waals surface area contributed by atoms with Crippen molar-refractivity contribution >= 4 is 22.6 Å². The zero-order chi connectivity index (χ0) is 13.0. The lowest BCUT2D eigenvalue weighted by Crippen LogP contribution is -2.35. The zero-order valence-electron chi connectivity index (χ0n) is 11.0. The van der Waals surface area contributed by atoms with Gasteiger partial charge >= 0.3 is 0 Å². The van der Waals surface area contributed by atoms with Crippen LogP contribution in [-0.4, -0.2) is 22.7 Å². The first-order chi connectivity index (χ1) is 8.69. The Bertz CT molecular complexity index is 345. The van der Waals surface area contributed by atoms with E-state index in [1.165, 1.54) is 5.56 Å². The van der Waals surface area contributed by atoms with Crippen LogP contribution in [0.2, 0.25) is 0 Å². The van der Waals surface area contributed by atoms with Gasteiger partial charge in [-0.2, -0.15) is 0 Å². The molecule has 3 heteroatoms. The van der Waals surface area contributed by atoms with Crippen LogP contribution in [0.25, 0.3) is 0 Å². The van der Waals surface area contributed by atoms with E-state index in [1.54, 1.807) is 0 Å². The van der Waals surface area contributed by atoms with Crippen LogP contribution in [0.1, 0.15) is 38.4 Å². The van der Waals surface area contributed by atoms with E-state index in [-0.39, 0.29) is 6.10 Å². The number of hydrogen-bond donors (Lipinski definition) is 0. The van der Waals surface area contributed by atoms with Gasteiger partial charge in [-0.1, -0.05) is 52.9 Å². The Labute approximate surface area is 123 Å². The Morgan fingerprint density at radius 2 is 1.83 bits per heavy atom. The Morgan fingerprint density at radius 1 is 1.22 bits per heavy atom. The average molecular weight is 360 g/mol. The van der Waals surface area contributed by atoms with Crippen molar-refractivity contribution in [1.82, 2.24) is 0 Å². The summed E-state index contributed by atoms with van der Waals surface area (Å²) < 4.78 is 13.0. The van der Waals surface area contributed by atoms with Crippen molar-refractivity contribution < 1.29 is 9.47 Å². The lowest BCUT2D eigenvalue weighted by Gasteiger charge is -2.34. The van der Waals surface area contributed by atoms with Gasteiger partial charge in [-0.3, -0.25) is 0 Å². The van der Waals surface area contributed by atoms with E-state index < -0.39 is 0 Å². The lowest BCUT2D eigenvalue weighted by atomic mass is 10.0. The third-order valence-corrected chi connectivity index (χ3v) is 4.12. The largest absolute Gasteiger partial charge is 0.375 e. The molecule has 0 bridgehead atoms. The van der Waals surface area contributed by atoms with Crippen LogP contribution in [0.3, 0.4) is 0 Å². The normalized spacial score (nSPS) is 30.1. The first-order valence-electron chi connectivity index (χ1n) is 6.61. The van der Waals surface area contributed by atoms with Crippen LogP contribution in [0.15, 0.2) is 30.3 Å². The van der Waals surface area contributed by atoms with Gasteiger partial charge in [0.25, 0.3) is 0 Å². The van der Waals surface area contributed by atoms with Gasteiger partial charge in [0, 0.05) is 4.43 Å². The molecule has 0 N–H and O–H groups in total. The van der Waals surface area contributed by atoms with Crippen molar-refractivity contribution in [3.8, 4) is 0 Å². The molecule has 1 heterocycles. The fraction of sp³-hybridized carbons (Fsp3) is 0.600. The second-order valence-corrected chi connectivity index (χ2v) is 5.92. The van der Waals surface area contributed by atoms with Crippen LogP contribution in [-0.2, 0) is 9.47 Å².